The third-order valence-corrected chi connectivity index (χ3v) is 8.12. The van der Waals surface area contributed by atoms with Gasteiger partial charge in [-0.2, -0.15) is 0 Å². The molecule has 174 valence electrons. The fraction of sp³-hybridized carbons (Fsp3) is 0.895. The van der Waals surface area contributed by atoms with Crippen molar-refractivity contribution in [2.75, 3.05) is 20.0 Å². The first-order valence-electron chi connectivity index (χ1n) is 10.3. The first kappa shape index (κ1) is 25.0. The monoisotopic (exact) mass is 452 g/mol. The number of aliphatic hydroxyl groups excluding tert-OH is 2. The summed E-state index contributed by atoms with van der Waals surface area (Å²) in [6, 6.07) is -1.10. The normalized spacial score (nSPS) is 32.1. The molecule has 0 saturated heterocycles. The molecule has 0 aromatic rings. The molecule has 5 atom stereocenters. The highest BCUT2D eigenvalue weighted by Gasteiger charge is 2.39. The van der Waals surface area contributed by atoms with E-state index in [1.165, 1.54) is 13.4 Å². The molecule has 2 aliphatic carbocycles. The molecule has 2 rings (SSSR count). The Bertz CT molecular complexity index is 697. The average Bonchev–Trinajstić information content (AvgIpc) is 2.71. The summed E-state index contributed by atoms with van der Waals surface area (Å²) in [5, 5.41) is 22.8. The number of hydrogen-bond acceptors (Lipinski definition) is 7. The van der Waals surface area contributed by atoms with Crippen LogP contribution >= 0.6 is 0 Å². The van der Waals surface area contributed by atoms with Crippen LogP contribution in [0, 0.1) is 17.8 Å². The van der Waals surface area contributed by atoms with Crippen LogP contribution in [-0.2, 0) is 24.3 Å². The summed E-state index contributed by atoms with van der Waals surface area (Å²) in [5.41, 5.74) is 2.16. The van der Waals surface area contributed by atoms with E-state index in [0.717, 1.165) is 0 Å². The van der Waals surface area contributed by atoms with Crippen LogP contribution in [-0.4, -0.2) is 74.0 Å². The number of nitrogens with one attached hydrogen (secondary N) is 2. The number of alkyl halides is 1. The Morgan fingerprint density at radius 1 is 1.13 bits per heavy atom. The molecule has 2 amide bonds. The SMILES string of the molecule is CONC(=O)C1CC(C(=O)N[C@H](CF)[C@H](O)C2CCC(S(C)(=O)=O)CC2)CCC1O. The molecular weight excluding hydrogens is 419 g/mol. The molecule has 0 radical (unpaired) electrons. The van der Waals surface area contributed by atoms with E-state index < -0.39 is 63.7 Å². The maximum absolute atomic E-state index is 13.6. The molecule has 0 heterocycles. The molecule has 0 spiro atoms. The predicted octanol–water partition coefficient (Wildman–Crippen LogP) is -0.140. The largest absolute Gasteiger partial charge is 0.392 e. The Balaban J connectivity index is 1.93. The molecular formula is C19H33FN2O7S. The van der Waals surface area contributed by atoms with E-state index in [-0.39, 0.29) is 18.8 Å². The number of carbonyl (C=O) groups excluding carboxylic acids is 2. The summed E-state index contributed by atoms with van der Waals surface area (Å²) < 4.78 is 37.0. The lowest BCUT2D eigenvalue weighted by Crippen LogP contribution is -2.52. The van der Waals surface area contributed by atoms with Gasteiger partial charge in [0.05, 0.1) is 36.5 Å². The van der Waals surface area contributed by atoms with Gasteiger partial charge in [-0.05, 0) is 50.9 Å². The second kappa shape index (κ2) is 10.8. The Morgan fingerprint density at radius 2 is 1.77 bits per heavy atom. The fourth-order valence-corrected chi connectivity index (χ4v) is 5.68. The molecule has 0 bridgehead atoms. The predicted molar refractivity (Wildman–Crippen MR) is 106 cm³/mol. The first-order valence-corrected chi connectivity index (χ1v) is 12.3. The van der Waals surface area contributed by atoms with Gasteiger partial charge in [-0.25, -0.2) is 18.3 Å². The van der Waals surface area contributed by atoms with Crippen molar-refractivity contribution in [3.8, 4) is 0 Å². The lowest BCUT2D eigenvalue weighted by atomic mass is 9.78. The molecule has 0 aromatic heterocycles. The molecule has 4 N–H and O–H groups in total. The van der Waals surface area contributed by atoms with Gasteiger partial charge in [0.15, 0.2) is 0 Å². The molecule has 0 aliphatic heterocycles. The van der Waals surface area contributed by atoms with E-state index in [4.69, 9.17) is 0 Å². The molecule has 2 fully saturated rings. The van der Waals surface area contributed by atoms with Crippen molar-refractivity contribution in [2.45, 2.75) is 68.4 Å². The second-order valence-electron chi connectivity index (χ2n) is 8.48. The van der Waals surface area contributed by atoms with Crippen LogP contribution in [0.1, 0.15) is 44.9 Å². The quantitative estimate of drug-likeness (QED) is 0.376. The topological polar surface area (TPSA) is 142 Å². The van der Waals surface area contributed by atoms with E-state index >= 15 is 0 Å². The van der Waals surface area contributed by atoms with E-state index in [1.54, 1.807) is 0 Å². The number of carbonyl (C=O) groups is 2. The summed E-state index contributed by atoms with van der Waals surface area (Å²) in [4.78, 5) is 29.2. The Kier molecular flexibility index (Phi) is 9.01. The molecule has 2 saturated carbocycles. The van der Waals surface area contributed by atoms with E-state index in [1.807, 2.05) is 0 Å². The first-order chi connectivity index (χ1) is 14.1. The van der Waals surface area contributed by atoms with Gasteiger partial charge in [-0.1, -0.05) is 0 Å². The van der Waals surface area contributed by atoms with Crippen molar-refractivity contribution in [1.29, 1.82) is 0 Å². The summed E-state index contributed by atoms with van der Waals surface area (Å²) in [6.45, 7) is -0.957. The third-order valence-electron chi connectivity index (χ3n) is 6.44. The zero-order chi connectivity index (χ0) is 22.5. The van der Waals surface area contributed by atoms with Crippen molar-refractivity contribution in [1.82, 2.24) is 10.8 Å². The number of aliphatic hydroxyl groups is 2. The van der Waals surface area contributed by atoms with Gasteiger partial charge in [0, 0.05) is 12.2 Å². The maximum atomic E-state index is 13.6. The molecule has 30 heavy (non-hydrogen) atoms. The maximum Gasteiger partial charge on any atom is 0.249 e. The Hall–Kier alpha value is -1.30. The van der Waals surface area contributed by atoms with Gasteiger partial charge in [0.25, 0.3) is 0 Å². The van der Waals surface area contributed by atoms with Crippen LogP contribution < -0.4 is 10.8 Å². The Labute approximate surface area is 176 Å². The van der Waals surface area contributed by atoms with Gasteiger partial charge in [-0.3, -0.25) is 14.4 Å². The number of amides is 2. The van der Waals surface area contributed by atoms with Crippen LogP contribution in [0.4, 0.5) is 4.39 Å². The zero-order valence-electron chi connectivity index (χ0n) is 17.4. The van der Waals surface area contributed by atoms with Gasteiger partial charge in [0.2, 0.25) is 11.8 Å². The van der Waals surface area contributed by atoms with Crippen molar-refractivity contribution in [3.05, 3.63) is 0 Å². The second-order valence-corrected chi connectivity index (χ2v) is 10.8. The van der Waals surface area contributed by atoms with Gasteiger partial charge < -0.3 is 15.5 Å². The van der Waals surface area contributed by atoms with Crippen LogP contribution in [0.15, 0.2) is 0 Å². The average molecular weight is 453 g/mol. The van der Waals surface area contributed by atoms with E-state index in [9.17, 15) is 32.6 Å². The molecule has 3 unspecified atom stereocenters. The molecule has 11 heteroatoms. The third kappa shape index (κ3) is 6.35. The summed E-state index contributed by atoms with van der Waals surface area (Å²) in [5.74, 6) is -2.69. The summed E-state index contributed by atoms with van der Waals surface area (Å²) >= 11 is 0. The number of rotatable bonds is 8. The Morgan fingerprint density at radius 3 is 2.30 bits per heavy atom. The smallest absolute Gasteiger partial charge is 0.249 e. The standard InChI is InChI=1S/C19H33FN2O7S/c1-29-22-19(26)14-9-12(5-8-16(14)23)18(25)21-15(10-20)17(24)11-3-6-13(7-4-11)30(2,27)28/h11-17,23-24H,3-10H2,1-2H3,(H,21,25)(H,22,26)/t11?,12?,13?,14?,15-,16?,17-/m1/s1. The van der Waals surface area contributed by atoms with Crippen LogP contribution in [0.25, 0.3) is 0 Å². The van der Waals surface area contributed by atoms with Crippen molar-refractivity contribution in [3.63, 3.8) is 0 Å². The lowest BCUT2D eigenvalue weighted by molar-refractivity contribution is -0.143. The number of hydroxylamine groups is 1. The molecule has 9 nitrogen and oxygen atoms in total. The zero-order valence-corrected chi connectivity index (χ0v) is 18.2. The number of hydrogen-bond donors (Lipinski definition) is 4. The number of halogens is 1. The minimum Gasteiger partial charge on any atom is -0.392 e. The highest BCUT2D eigenvalue weighted by molar-refractivity contribution is 7.91. The minimum atomic E-state index is -3.14. The van der Waals surface area contributed by atoms with E-state index in [0.29, 0.717) is 32.1 Å². The van der Waals surface area contributed by atoms with Gasteiger partial charge >= 0.3 is 0 Å². The fourth-order valence-electron chi connectivity index (χ4n) is 4.55. The number of sulfone groups is 1. The molecule has 2 aliphatic rings. The van der Waals surface area contributed by atoms with E-state index in [2.05, 4.69) is 15.6 Å². The van der Waals surface area contributed by atoms with Crippen molar-refractivity contribution in [2.24, 2.45) is 17.8 Å². The molecule has 0 aromatic carbocycles. The van der Waals surface area contributed by atoms with Gasteiger partial charge in [0.1, 0.15) is 16.5 Å². The van der Waals surface area contributed by atoms with Crippen molar-refractivity contribution >= 4 is 21.7 Å². The van der Waals surface area contributed by atoms with Crippen molar-refractivity contribution < 1.29 is 37.4 Å². The minimum absolute atomic E-state index is 0.0940. The lowest BCUT2D eigenvalue weighted by Gasteiger charge is -2.35. The summed E-state index contributed by atoms with van der Waals surface area (Å²) in [6.07, 6.45) is 1.57. The highest BCUT2D eigenvalue weighted by Crippen LogP contribution is 2.33. The van der Waals surface area contributed by atoms with Crippen LogP contribution in [0.2, 0.25) is 0 Å². The van der Waals surface area contributed by atoms with Crippen LogP contribution in [0.3, 0.4) is 0 Å². The van der Waals surface area contributed by atoms with Crippen LogP contribution in [0.5, 0.6) is 0 Å². The van der Waals surface area contributed by atoms with Gasteiger partial charge in [-0.15, -0.1) is 0 Å². The highest BCUT2D eigenvalue weighted by atomic mass is 32.2. The summed E-state index contributed by atoms with van der Waals surface area (Å²) in [7, 11) is -1.87.